The van der Waals surface area contributed by atoms with Crippen LogP contribution in [-0.4, -0.2) is 32.8 Å². The molecule has 0 amide bonds. The highest BCUT2D eigenvalue weighted by Gasteiger charge is 2.07. The van der Waals surface area contributed by atoms with Gasteiger partial charge in [-0.2, -0.15) is 16.9 Å². The van der Waals surface area contributed by atoms with E-state index >= 15 is 0 Å². The normalized spacial score (nSPS) is 11.4. The first-order chi connectivity index (χ1) is 9.22. The third-order valence-corrected chi connectivity index (χ3v) is 3.91. The number of hydrogen-bond donors (Lipinski definition) is 1. The number of thioether (sulfide) groups is 1. The molecule has 0 saturated heterocycles. The van der Waals surface area contributed by atoms with Crippen LogP contribution in [0.4, 0.5) is 5.69 Å². The van der Waals surface area contributed by atoms with Gasteiger partial charge in [0.05, 0.1) is 18.1 Å². The largest absolute Gasteiger partial charge is 0.384 e. The van der Waals surface area contributed by atoms with Crippen LogP contribution >= 0.6 is 11.8 Å². The predicted octanol–water partition coefficient (Wildman–Crippen LogP) is 3.57. The van der Waals surface area contributed by atoms with E-state index in [0.29, 0.717) is 6.04 Å². The first kappa shape index (κ1) is 14.2. The molecule has 2 heterocycles. The molecule has 0 aromatic carbocycles. The van der Waals surface area contributed by atoms with Gasteiger partial charge in [-0.25, -0.2) is 9.67 Å². The van der Waals surface area contributed by atoms with Crippen molar-refractivity contribution in [3.05, 3.63) is 18.5 Å². The van der Waals surface area contributed by atoms with Crippen LogP contribution in [0.5, 0.6) is 0 Å². The van der Waals surface area contributed by atoms with Crippen molar-refractivity contribution in [3.8, 4) is 0 Å². The summed E-state index contributed by atoms with van der Waals surface area (Å²) in [7, 11) is 0. The van der Waals surface area contributed by atoms with Crippen molar-refractivity contribution in [1.29, 1.82) is 0 Å². The summed E-state index contributed by atoms with van der Waals surface area (Å²) >= 11 is 1.98. The Labute approximate surface area is 119 Å². The lowest BCUT2D eigenvalue weighted by molar-refractivity contribution is 0.546. The van der Waals surface area contributed by atoms with Gasteiger partial charge in [0.25, 0.3) is 0 Å². The average molecular weight is 278 g/mol. The van der Waals surface area contributed by atoms with Gasteiger partial charge < -0.3 is 5.32 Å². The van der Waals surface area contributed by atoms with Gasteiger partial charge in [-0.05, 0) is 37.8 Å². The maximum atomic E-state index is 4.51. The van der Waals surface area contributed by atoms with Gasteiger partial charge in [-0.1, -0.05) is 6.92 Å². The van der Waals surface area contributed by atoms with Crippen molar-refractivity contribution in [1.82, 2.24) is 14.8 Å². The van der Waals surface area contributed by atoms with E-state index in [1.807, 2.05) is 28.8 Å². The molecule has 0 radical (unpaired) electrons. The van der Waals surface area contributed by atoms with Crippen LogP contribution < -0.4 is 5.32 Å². The maximum Gasteiger partial charge on any atom is 0.158 e. The van der Waals surface area contributed by atoms with Crippen molar-refractivity contribution in [2.45, 2.75) is 33.2 Å². The summed E-state index contributed by atoms with van der Waals surface area (Å²) in [5.74, 6) is 2.41. The quantitative estimate of drug-likeness (QED) is 0.786. The first-order valence-corrected chi connectivity index (χ1v) is 8.02. The highest BCUT2D eigenvalue weighted by atomic mass is 32.2. The lowest BCUT2D eigenvalue weighted by atomic mass is 10.3. The van der Waals surface area contributed by atoms with Gasteiger partial charge in [0, 0.05) is 18.0 Å². The molecule has 0 unspecified atom stereocenters. The minimum absolute atomic E-state index is 0.342. The van der Waals surface area contributed by atoms with Gasteiger partial charge in [0.2, 0.25) is 0 Å². The van der Waals surface area contributed by atoms with E-state index in [-0.39, 0.29) is 0 Å². The Bertz CT molecular complexity index is 521. The fourth-order valence-corrected chi connectivity index (χ4v) is 2.60. The van der Waals surface area contributed by atoms with Gasteiger partial charge >= 0.3 is 0 Å². The molecule has 4 nitrogen and oxygen atoms in total. The third kappa shape index (κ3) is 3.62. The monoisotopic (exact) mass is 278 g/mol. The van der Waals surface area contributed by atoms with Crippen LogP contribution in [-0.2, 0) is 0 Å². The molecule has 1 N–H and O–H groups in total. The van der Waals surface area contributed by atoms with E-state index in [9.17, 15) is 0 Å². The first-order valence-electron chi connectivity index (χ1n) is 6.87. The molecule has 5 heteroatoms. The van der Waals surface area contributed by atoms with Crippen LogP contribution in [0.2, 0.25) is 0 Å². The number of anilines is 1. The number of pyridine rings is 1. The van der Waals surface area contributed by atoms with Gasteiger partial charge in [0.15, 0.2) is 5.65 Å². The van der Waals surface area contributed by atoms with Crippen molar-refractivity contribution in [3.63, 3.8) is 0 Å². The molecule has 0 aliphatic heterocycles. The van der Waals surface area contributed by atoms with E-state index in [4.69, 9.17) is 0 Å². The van der Waals surface area contributed by atoms with Crippen molar-refractivity contribution >= 4 is 28.5 Å². The second-order valence-corrected chi connectivity index (χ2v) is 6.19. The smallest absolute Gasteiger partial charge is 0.158 e. The van der Waals surface area contributed by atoms with Gasteiger partial charge in [-0.3, -0.25) is 0 Å². The highest BCUT2D eigenvalue weighted by molar-refractivity contribution is 7.99. The molecule has 0 spiro atoms. The molecule has 19 heavy (non-hydrogen) atoms. The fraction of sp³-hybridized carbons (Fsp3) is 0.571. The number of nitrogens with one attached hydrogen (secondary N) is 1. The van der Waals surface area contributed by atoms with E-state index in [2.05, 4.69) is 42.2 Å². The molecule has 2 aromatic rings. The van der Waals surface area contributed by atoms with Crippen LogP contribution in [0.3, 0.4) is 0 Å². The second-order valence-electron chi connectivity index (χ2n) is 4.80. The van der Waals surface area contributed by atoms with Crippen LogP contribution in [0.15, 0.2) is 18.5 Å². The summed E-state index contributed by atoms with van der Waals surface area (Å²) in [6.45, 7) is 7.43. The Balaban J connectivity index is 1.98. The van der Waals surface area contributed by atoms with Crippen LogP contribution in [0.25, 0.3) is 11.0 Å². The SMILES string of the molecule is CCSCCCNc1cnc2c(cnn2C(C)C)c1. The Morgan fingerprint density at radius 1 is 1.37 bits per heavy atom. The minimum Gasteiger partial charge on any atom is -0.384 e. The molecule has 104 valence electrons. The zero-order valence-corrected chi connectivity index (χ0v) is 12.7. The van der Waals surface area contributed by atoms with E-state index in [1.165, 1.54) is 17.9 Å². The van der Waals surface area contributed by atoms with E-state index in [1.54, 1.807) is 0 Å². The Hall–Kier alpha value is -1.23. The summed E-state index contributed by atoms with van der Waals surface area (Å²) < 4.78 is 1.96. The molecular formula is C14H22N4S. The summed E-state index contributed by atoms with van der Waals surface area (Å²) in [5.41, 5.74) is 2.04. The molecule has 2 rings (SSSR count). The molecule has 0 atom stereocenters. The number of hydrogen-bond acceptors (Lipinski definition) is 4. The molecular weight excluding hydrogens is 256 g/mol. The summed E-state index contributed by atoms with van der Waals surface area (Å²) in [5, 5.41) is 8.90. The van der Waals surface area contributed by atoms with Gasteiger partial charge in [0.1, 0.15) is 0 Å². The van der Waals surface area contributed by atoms with Crippen LogP contribution in [0.1, 0.15) is 33.2 Å². The van der Waals surface area contributed by atoms with Crippen molar-refractivity contribution in [2.24, 2.45) is 0 Å². The lowest BCUT2D eigenvalue weighted by Crippen LogP contribution is -2.05. The fourth-order valence-electron chi connectivity index (χ4n) is 1.97. The van der Waals surface area contributed by atoms with Gasteiger partial charge in [-0.15, -0.1) is 0 Å². The average Bonchev–Trinajstić information content (AvgIpc) is 2.81. The van der Waals surface area contributed by atoms with E-state index in [0.717, 1.165) is 23.3 Å². The molecule has 0 fully saturated rings. The Morgan fingerprint density at radius 3 is 2.95 bits per heavy atom. The zero-order chi connectivity index (χ0) is 13.7. The summed E-state index contributed by atoms with van der Waals surface area (Å²) in [6.07, 6.45) is 4.97. The third-order valence-electron chi connectivity index (χ3n) is 2.92. The number of nitrogens with zero attached hydrogens (tertiary/aromatic N) is 3. The number of fused-ring (bicyclic) bond motifs is 1. The minimum atomic E-state index is 0.342. The second kappa shape index (κ2) is 6.80. The number of rotatable bonds is 7. The van der Waals surface area contributed by atoms with Crippen molar-refractivity contribution in [2.75, 3.05) is 23.4 Å². The standard InChI is InChI=1S/C14H22N4S/c1-4-19-7-5-6-15-13-8-12-9-17-18(11(2)3)14(12)16-10-13/h8-11,15H,4-7H2,1-3H3. The molecule has 0 saturated carbocycles. The van der Waals surface area contributed by atoms with Crippen LogP contribution in [0, 0.1) is 0 Å². The summed E-state index contributed by atoms with van der Waals surface area (Å²) in [6, 6.07) is 2.47. The molecule has 0 bridgehead atoms. The molecule has 0 aliphatic carbocycles. The zero-order valence-electron chi connectivity index (χ0n) is 11.9. The lowest BCUT2D eigenvalue weighted by Gasteiger charge is -2.08. The number of aromatic nitrogens is 3. The summed E-state index contributed by atoms with van der Waals surface area (Å²) in [4.78, 5) is 4.51. The predicted molar refractivity (Wildman–Crippen MR) is 84.0 cm³/mol. The maximum absolute atomic E-state index is 4.51. The van der Waals surface area contributed by atoms with Crippen molar-refractivity contribution < 1.29 is 0 Å². The Kier molecular flexibility index (Phi) is 5.07. The highest BCUT2D eigenvalue weighted by Crippen LogP contribution is 2.19. The topological polar surface area (TPSA) is 42.7 Å². The molecule has 0 aliphatic rings. The molecule has 2 aromatic heterocycles. The van der Waals surface area contributed by atoms with E-state index < -0.39 is 0 Å². The Morgan fingerprint density at radius 2 is 2.21 bits per heavy atom.